The number of aryl methyl sites for hydroxylation is 1. The van der Waals surface area contributed by atoms with Gasteiger partial charge in [0.25, 0.3) is 0 Å². The highest BCUT2D eigenvalue weighted by molar-refractivity contribution is 5.39. The van der Waals surface area contributed by atoms with E-state index in [9.17, 15) is 5.11 Å². The van der Waals surface area contributed by atoms with Gasteiger partial charge in [0.2, 0.25) is 0 Å². The topological polar surface area (TPSA) is 38.7 Å². The number of hydrogen-bond donors (Lipinski definition) is 1. The lowest BCUT2D eigenvalue weighted by Gasteiger charge is -2.07. The van der Waals surface area contributed by atoms with Crippen LogP contribution >= 0.6 is 0 Å². The first-order valence-electron chi connectivity index (χ1n) is 4.71. The maximum absolute atomic E-state index is 9.54. The molecule has 0 fully saturated rings. The van der Waals surface area contributed by atoms with Crippen molar-refractivity contribution in [2.45, 2.75) is 13.3 Å². The van der Waals surface area contributed by atoms with Crippen molar-refractivity contribution in [3.8, 4) is 11.5 Å². The third-order valence-electron chi connectivity index (χ3n) is 1.99. The van der Waals surface area contributed by atoms with Crippen LogP contribution in [0.1, 0.15) is 12.5 Å². The van der Waals surface area contributed by atoms with E-state index in [1.165, 1.54) is 0 Å². The number of hydrogen-bond acceptors (Lipinski definition) is 3. The van der Waals surface area contributed by atoms with E-state index in [0.29, 0.717) is 24.7 Å². The van der Waals surface area contributed by atoms with Gasteiger partial charge in [0.1, 0.15) is 18.1 Å². The van der Waals surface area contributed by atoms with Gasteiger partial charge in [-0.25, -0.2) is 0 Å². The molecule has 3 nitrogen and oxygen atoms in total. The Morgan fingerprint density at radius 1 is 1.29 bits per heavy atom. The zero-order valence-electron chi connectivity index (χ0n) is 8.62. The number of benzene rings is 1. The Morgan fingerprint density at radius 3 is 2.64 bits per heavy atom. The third kappa shape index (κ3) is 2.92. The van der Waals surface area contributed by atoms with E-state index in [4.69, 9.17) is 9.47 Å². The molecule has 0 amide bonds. The van der Waals surface area contributed by atoms with Crippen molar-refractivity contribution in [2.75, 3.05) is 20.3 Å². The molecule has 3 heteroatoms. The Labute approximate surface area is 84.3 Å². The fraction of sp³-hybridized carbons (Fsp3) is 0.455. The van der Waals surface area contributed by atoms with Crippen molar-refractivity contribution in [1.29, 1.82) is 0 Å². The summed E-state index contributed by atoms with van der Waals surface area (Å²) in [5, 5.41) is 9.54. The van der Waals surface area contributed by atoms with Crippen molar-refractivity contribution in [3.63, 3.8) is 0 Å². The van der Waals surface area contributed by atoms with Crippen LogP contribution in [0.5, 0.6) is 11.5 Å². The standard InChI is InChI=1S/C11H16O3/c1-3-9-4-5-10(8-11(9)12)14-7-6-13-2/h4-5,8,12H,3,6-7H2,1-2H3. The molecule has 1 aromatic rings. The zero-order valence-corrected chi connectivity index (χ0v) is 8.62. The number of methoxy groups -OCH3 is 1. The molecule has 0 aliphatic heterocycles. The number of ether oxygens (including phenoxy) is 2. The number of phenols is 1. The van der Waals surface area contributed by atoms with Gasteiger partial charge < -0.3 is 14.6 Å². The molecule has 0 heterocycles. The van der Waals surface area contributed by atoms with E-state index < -0.39 is 0 Å². The lowest BCUT2D eigenvalue weighted by molar-refractivity contribution is 0.146. The summed E-state index contributed by atoms with van der Waals surface area (Å²) in [5.74, 6) is 0.971. The van der Waals surface area contributed by atoms with Crippen LogP contribution in [0.2, 0.25) is 0 Å². The molecule has 0 saturated carbocycles. The van der Waals surface area contributed by atoms with Crippen LogP contribution in [0.4, 0.5) is 0 Å². The summed E-state index contributed by atoms with van der Waals surface area (Å²) in [5.41, 5.74) is 0.934. The van der Waals surface area contributed by atoms with Crippen molar-refractivity contribution >= 4 is 0 Å². The van der Waals surface area contributed by atoms with Gasteiger partial charge in [-0.3, -0.25) is 0 Å². The first-order chi connectivity index (χ1) is 6.77. The van der Waals surface area contributed by atoms with E-state index in [1.54, 1.807) is 13.2 Å². The van der Waals surface area contributed by atoms with Crippen LogP contribution in [-0.4, -0.2) is 25.4 Å². The highest BCUT2D eigenvalue weighted by Gasteiger charge is 2.00. The van der Waals surface area contributed by atoms with Gasteiger partial charge in [0, 0.05) is 13.2 Å². The highest BCUT2D eigenvalue weighted by Crippen LogP contribution is 2.23. The number of phenolic OH excluding ortho intramolecular Hbond substituents is 1. The Morgan fingerprint density at radius 2 is 2.07 bits per heavy atom. The van der Waals surface area contributed by atoms with Crippen LogP contribution in [0.25, 0.3) is 0 Å². The van der Waals surface area contributed by atoms with Crippen LogP contribution in [0, 0.1) is 0 Å². The van der Waals surface area contributed by atoms with Gasteiger partial charge >= 0.3 is 0 Å². The quantitative estimate of drug-likeness (QED) is 0.732. The van der Waals surface area contributed by atoms with Gasteiger partial charge in [0.05, 0.1) is 6.61 Å². The second-order valence-corrected chi connectivity index (χ2v) is 2.99. The first kappa shape index (κ1) is 10.9. The second kappa shape index (κ2) is 5.50. The minimum Gasteiger partial charge on any atom is -0.508 e. The fourth-order valence-corrected chi connectivity index (χ4v) is 1.18. The zero-order chi connectivity index (χ0) is 10.4. The lowest BCUT2D eigenvalue weighted by Crippen LogP contribution is -2.04. The largest absolute Gasteiger partial charge is 0.508 e. The molecule has 0 atom stereocenters. The fourth-order valence-electron chi connectivity index (χ4n) is 1.18. The second-order valence-electron chi connectivity index (χ2n) is 2.99. The number of aromatic hydroxyl groups is 1. The van der Waals surface area contributed by atoms with Gasteiger partial charge in [-0.2, -0.15) is 0 Å². The van der Waals surface area contributed by atoms with Crippen molar-refractivity contribution < 1.29 is 14.6 Å². The average Bonchev–Trinajstić information content (AvgIpc) is 2.18. The maximum atomic E-state index is 9.54. The Balaban J connectivity index is 2.57. The molecule has 14 heavy (non-hydrogen) atoms. The van der Waals surface area contributed by atoms with E-state index in [1.807, 2.05) is 19.1 Å². The van der Waals surface area contributed by atoms with Gasteiger partial charge in [-0.15, -0.1) is 0 Å². The molecule has 1 rings (SSSR count). The minimum absolute atomic E-state index is 0.294. The maximum Gasteiger partial charge on any atom is 0.123 e. The molecular formula is C11H16O3. The van der Waals surface area contributed by atoms with E-state index >= 15 is 0 Å². The summed E-state index contributed by atoms with van der Waals surface area (Å²) in [6.45, 7) is 3.05. The monoisotopic (exact) mass is 196 g/mol. The molecule has 0 unspecified atom stereocenters. The molecule has 78 valence electrons. The van der Waals surface area contributed by atoms with Gasteiger partial charge in [0.15, 0.2) is 0 Å². The summed E-state index contributed by atoms with van der Waals surface area (Å²) < 4.78 is 10.2. The first-order valence-corrected chi connectivity index (χ1v) is 4.71. The van der Waals surface area contributed by atoms with Crippen LogP contribution in [0.3, 0.4) is 0 Å². The minimum atomic E-state index is 0.294. The van der Waals surface area contributed by atoms with Crippen LogP contribution in [0.15, 0.2) is 18.2 Å². The van der Waals surface area contributed by atoms with E-state index in [-0.39, 0.29) is 0 Å². The predicted molar refractivity (Wildman–Crippen MR) is 54.9 cm³/mol. The normalized spacial score (nSPS) is 10.1. The Kier molecular flexibility index (Phi) is 4.26. The van der Waals surface area contributed by atoms with E-state index in [0.717, 1.165) is 12.0 Å². The van der Waals surface area contributed by atoms with Crippen LogP contribution in [-0.2, 0) is 11.2 Å². The molecule has 1 aromatic carbocycles. The average molecular weight is 196 g/mol. The van der Waals surface area contributed by atoms with Crippen molar-refractivity contribution in [2.24, 2.45) is 0 Å². The predicted octanol–water partition coefficient (Wildman–Crippen LogP) is 1.98. The smallest absolute Gasteiger partial charge is 0.123 e. The Bertz CT molecular complexity index is 284. The lowest BCUT2D eigenvalue weighted by atomic mass is 10.1. The van der Waals surface area contributed by atoms with Gasteiger partial charge in [-0.05, 0) is 18.1 Å². The summed E-state index contributed by atoms with van der Waals surface area (Å²) >= 11 is 0. The molecule has 0 aromatic heterocycles. The van der Waals surface area contributed by atoms with Crippen molar-refractivity contribution in [3.05, 3.63) is 23.8 Å². The third-order valence-corrected chi connectivity index (χ3v) is 1.99. The number of rotatable bonds is 5. The summed E-state index contributed by atoms with van der Waals surface area (Å²) in [7, 11) is 1.63. The summed E-state index contributed by atoms with van der Waals surface area (Å²) in [4.78, 5) is 0. The van der Waals surface area contributed by atoms with E-state index in [2.05, 4.69) is 0 Å². The molecular weight excluding hydrogens is 180 g/mol. The van der Waals surface area contributed by atoms with Gasteiger partial charge in [-0.1, -0.05) is 13.0 Å². The highest BCUT2D eigenvalue weighted by atomic mass is 16.5. The molecule has 0 bridgehead atoms. The molecule has 0 saturated heterocycles. The SMILES string of the molecule is CCc1ccc(OCCOC)cc1O. The van der Waals surface area contributed by atoms with Crippen molar-refractivity contribution in [1.82, 2.24) is 0 Å². The summed E-state index contributed by atoms with van der Waals surface area (Å²) in [6.07, 6.45) is 0.824. The molecule has 0 spiro atoms. The van der Waals surface area contributed by atoms with Crippen LogP contribution < -0.4 is 4.74 Å². The molecule has 1 N–H and O–H groups in total. The molecule has 0 aliphatic rings. The molecule has 0 aliphatic carbocycles. The summed E-state index contributed by atoms with van der Waals surface area (Å²) in [6, 6.07) is 5.36. The Hall–Kier alpha value is -1.22. The molecule has 0 radical (unpaired) electrons.